The molecule has 0 bridgehead atoms. The van der Waals surface area contributed by atoms with E-state index in [1.807, 2.05) is 36.4 Å². The van der Waals surface area contributed by atoms with Gasteiger partial charge in [0, 0.05) is 5.92 Å². The zero-order chi connectivity index (χ0) is 14.5. The summed E-state index contributed by atoms with van der Waals surface area (Å²) < 4.78 is 0. The molecule has 3 rings (SSSR count). The molecule has 1 aliphatic carbocycles. The number of carbonyl (C=O) groups excluding carboxylic acids is 1. The van der Waals surface area contributed by atoms with Crippen molar-refractivity contribution < 1.29 is 4.79 Å². The SMILES string of the molecule is O=C1/C(=C/c2ccccc2)CCCC[C@@H]1c1ccccc1. The molecule has 1 fully saturated rings. The highest BCUT2D eigenvalue weighted by atomic mass is 16.1. The molecule has 0 spiro atoms. The van der Waals surface area contributed by atoms with E-state index in [2.05, 4.69) is 30.3 Å². The number of hydrogen-bond donors (Lipinski definition) is 0. The lowest BCUT2D eigenvalue weighted by Gasteiger charge is -2.14. The average molecular weight is 276 g/mol. The Bertz CT molecular complexity index is 625. The molecule has 1 atom stereocenters. The lowest BCUT2D eigenvalue weighted by Crippen LogP contribution is -2.12. The van der Waals surface area contributed by atoms with Gasteiger partial charge >= 0.3 is 0 Å². The second-order valence-electron chi connectivity index (χ2n) is 5.65. The first-order valence-electron chi connectivity index (χ1n) is 7.69. The van der Waals surface area contributed by atoms with Crippen molar-refractivity contribution in [2.24, 2.45) is 0 Å². The highest BCUT2D eigenvalue weighted by Crippen LogP contribution is 2.32. The third kappa shape index (κ3) is 3.30. The number of hydrogen-bond acceptors (Lipinski definition) is 1. The van der Waals surface area contributed by atoms with Crippen LogP contribution in [0.5, 0.6) is 0 Å². The van der Waals surface area contributed by atoms with Crippen LogP contribution in [-0.2, 0) is 4.79 Å². The van der Waals surface area contributed by atoms with Crippen molar-refractivity contribution in [2.45, 2.75) is 31.6 Å². The Morgan fingerprint density at radius 2 is 1.52 bits per heavy atom. The topological polar surface area (TPSA) is 17.1 Å². The number of benzene rings is 2. The van der Waals surface area contributed by atoms with Crippen LogP contribution >= 0.6 is 0 Å². The summed E-state index contributed by atoms with van der Waals surface area (Å²) in [5.41, 5.74) is 3.26. The van der Waals surface area contributed by atoms with Crippen LogP contribution in [0.2, 0.25) is 0 Å². The summed E-state index contributed by atoms with van der Waals surface area (Å²) in [5, 5.41) is 0. The fourth-order valence-electron chi connectivity index (χ4n) is 3.04. The van der Waals surface area contributed by atoms with Crippen LogP contribution in [0.1, 0.15) is 42.7 Å². The molecule has 106 valence electrons. The highest BCUT2D eigenvalue weighted by Gasteiger charge is 2.25. The molecule has 2 aromatic carbocycles. The fourth-order valence-corrected chi connectivity index (χ4v) is 3.04. The number of ketones is 1. The van der Waals surface area contributed by atoms with Crippen molar-refractivity contribution in [3.8, 4) is 0 Å². The van der Waals surface area contributed by atoms with Gasteiger partial charge in [0.1, 0.15) is 0 Å². The Kier molecular flexibility index (Phi) is 4.30. The van der Waals surface area contributed by atoms with Gasteiger partial charge in [-0.2, -0.15) is 0 Å². The van der Waals surface area contributed by atoms with Crippen LogP contribution < -0.4 is 0 Å². The molecule has 21 heavy (non-hydrogen) atoms. The third-order valence-electron chi connectivity index (χ3n) is 4.16. The standard InChI is InChI=1S/C20H20O/c21-20-18(15-16-9-3-1-4-10-16)13-7-8-14-19(20)17-11-5-2-6-12-17/h1-6,9-12,15,19H,7-8,13-14H2/b18-15+/t19-/m1/s1. The normalized spacial score (nSPS) is 21.2. The van der Waals surface area contributed by atoms with Gasteiger partial charge in [0.15, 0.2) is 5.78 Å². The van der Waals surface area contributed by atoms with E-state index >= 15 is 0 Å². The van der Waals surface area contributed by atoms with Crippen LogP contribution in [0.25, 0.3) is 6.08 Å². The van der Waals surface area contributed by atoms with Crippen molar-refractivity contribution in [1.82, 2.24) is 0 Å². The average Bonchev–Trinajstić information content (AvgIpc) is 2.72. The zero-order valence-corrected chi connectivity index (χ0v) is 12.2. The van der Waals surface area contributed by atoms with Crippen molar-refractivity contribution in [2.75, 3.05) is 0 Å². The van der Waals surface area contributed by atoms with Gasteiger partial charge in [0.05, 0.1) is 0 Å². The summed E-state index contributed by atoms with van der Waals surface area (Å²) in [7, 11) is 0. The molecule has 0 unspecified atom stereocenters. The molecule has 0 aliphatic heterocycles. The van der Waals surface area contributed by atoms with Crippen molar-refractivity contribution in [1.29, 1.82) is 0 Å². The minimum absolute atomic E-state index is 0.0312. The van der Waals surface area contributed by atoms with Gasteiger partial charge in [0.2, 0.25) is 0 Å². The number of allylic oxidation sites excluding steroid dienone is 1. The Hall–Kier alpha value is -2.15. The molecule has 1 heteroatoms. The van der Waals surface area contributed by atoms with Crippen LogP contribution in [0.15, 0.2) is 66.2 Å². The molecule has 1 aliphatic rings. The molecular formula is C20H20O. The summed E-state index contributed by atoms with van der Waals surface area (Å²) >= 11 is 0. The van der Waals surface area contributed by atoms with E-state index in [0.29, 0.717) is 5.78 Å². The van der Waals surface area contributed by atoms with Crippen molar-refractivity contribution >= 4 is 11.9 Å². The van der Waals surface area contributed by atoms with E-state index in [-0.39, 0.29) is 5.92 Å². The minimum Gasteiger partial charge on any atom is -0.294 e. The number of rotatable bonds is 2. The summed E-state index contributed by atoms with van der Waals surface area (Å²) in [5.74, 6) is 0.339. The predicted molar refractivity (Wildman–Crippen MR) is 87.1 cm³/mol. The monoisotopic (exact) mass is 276 g/mol. The van der Waals surface area contributed by atoms with Crippen molar-refractivity contribution in [3.05, 3.63) is 77.4 Å². The third-order valence-corrected chi connectivity index (χ3v) is 4.16. The predicted octanol–water partition coefficient (Wildman–Crippen LogP) is 5.00. The van der Waals surface area contributed by atoms with Gasteiger partial charge in [-0.3, -0.25) is 4.79 Å². The van der Waals surface area contributed by atoms with Crippen molar-refractivity contribution in [3.63, 3.8) is 0 Å². The Labute approximate surface area is 126 Å². The van der Waals surface area contributed by atoms with E-state index in [4.69, 9.17) is 0 Å². The van der Waals surface area contributed by atoms with Gasteiger partial charge in [-0.25, -0.2) is 0 Å². The maximum absolute atomic E-state index is 12.9. The van der Waals surface area contributed by atoms with E-state index in [9.17, 15) is 4.79 Å². The van der Waals surface area contributed by atoms with Crippen LogP contribution in [0, 0.1) is 0 Å². The van der Waals surface area contributed by atoms with Gasteiger partial charge in [-0.1, -0.05) is 67.1 Å². The Morgan fingerprint density at radius 1 is 0.857 bits per heavy atom. The summed E-state index contributed by atoms with van der Waals surface area (Å²) in [6.07, 6.45) is 6.17. The second kappa shape index (κ2) is 6.53. The van der Waals surface area contributed by atoms with E-state index in [0.717, 1.165) is 42.4 Å². The van der Waals surface area contributed by atoms with Crippen LogP contribution in [-0.4, -0.2) is 5.78 Å². The molecule has 2 aromatic rings. The number of carbonyl (C=O) groups is 1. The molecule has 0 radical (unpaired) electrons. The molecule has 0 heterocycles. The highest BCUT2D eigenvalue weighted by molar-refractivity contribution is 6.04. The molecule has 0 N–H and O–H groups in total. The summed E-state index contributed by atoms with van der Waals surface area (Å²) in [6, 6.07) is 20.4. The number of Topliss-reactive ketones (excluding diaryl/α,β-unsaturated/α-hetero) is 1. The maximum Gasteiger partial charge on any atom is 0.166 e. The largest absolute Gasteiger partial charge is 0.294 e. The van der Waals surface area contributed by atoms with E-state index in [1.165, 1.54) is 0 Å². The summed E-state index contributed by atoms with van der Waals surface area (Å²) in [6.45, 7) is 0. The molecule has 1 nitrogen and oxygen atoms in total. The minimum atomic E-state index is 0.0312. The van der Waals surface area contributed by atoms with Gasteiger partial charge in [0.25, 0.3) is 0 Å². The molecule has 0 aromatic heterocycles. The van der Waals surface area contributed by atoms with Gasteiger partial charge < -0.3 is 0 Å². The Morgan fingerprint density at radius 3 is 2.24 bits per heavy atom. The fraction of sp³-hybridized carbons (Fsp3) is 0.250. The molecule has 0 amide bonds. The first-order chi connectivity index (χ1) is 10.3. The van der Waals surface area contributed by atoms with Gasteiger partial charge in [-0.05, 0) is 42.0 Å². The second-order valence-corrected chi connectivity index (χ2v) is 5.65. The quantitative estimate of drug-likeness (QED) is 0.557. The lowest BCUT2D eigenvalue weighted by molar-refractivity contribution is -0.116. The molecule has 0 saturated heterocycles. The first kappa shape index (κ1) is 13.8. The van der Waals surface area contributed by atoms with Crippen LogP contribution in [0.3, 0.4) is 0 Å². The smallest absolute Gasteiger partial charge is 0.166 e. The molecular weight excluding hydrogens is 256 g/mol. The van der Waals surface area contributed by atoms with Crippen LogP contribution in [0.4, 0.5) is 0 Å². The lowest BCUT2D eigenvalue weighted by atomic mass is 9.88. The molecule has 1 saturated carbocycles. The Balaban J connectivity index is 1.91. The zero-order valence-electron chi connectivity index (χ0n) is 12.2. The first-order valence-corrected chi connectivity index (χ1v) is 7.69. The maximum atomic E-state index is 12.9. The summed E-state index contributed by atoms with van der Waals surface area (Å²) in [4.78, 5) is 12.9. The van der Waals surface area contributed by atoms with Gasteiger partial charge in [-0.15, -0.1) is 0 Å². The van der Waals surface area contributed by atoms with E-state index < -0.39 is 0 Å². The van der Waals surface area contributed by atoms with E-state index in [1.54, 1.807) is 0 Å².